The molecule has 16 nitrogen and oxygen atoms in total. The largest absolute Gasteiger partial charge is 0.471 e. The molecule has 1 saturated heterocycles. The van der Waals surface area contributed by atoms with E-state index in [1.54, 1.807) is 52.0 Å². The Morgan fingerprint density at radius 3 is 2.46 bits per heavy atom. The standard InChI is InChI=1S/C40H56N6O10S.3H2/c1-24-12-8-9-13-26-22-40(26,36(50)44-57(52,53)39(6)16-17-39)42-32(47)30-21-27(23-45(30)35(49)31(25(2)20-24)41-37(51)56-38(3,4)5)55-33-28-14-10-11-15-29(28)34(48)46(43-33)18-19-54-7;;;/h9-11,13-15,24-27,30-31H,8,12,16-23H2,1-7H3,(H,41,51)(H,42,47)(H,44,50);3*1H/b13-9-;;;/t24-,25-,26-,27-,30+,31+,40-;;;/m1.../s1. The smallest absolute Gasteiger partial charge is 0.408 e. The Morgan fingerprint density at radius 2 is 1.79 bits per heavy atom. The van der Waals surface area contributed by atoms with Crippen LogP contribution in [0.15, 0.2) is 41.2 Å². The second kappa shape index (κ2) is 16.0. The number of ether oxygens (including phenoxy) is 3. The molecular formula is C40H62N6O10S. The number of alkyl carbamates (subject to hydrolysis) is 1. The van der Waals surface area contributed by atoms with Gasteiger partial charge in [0.1, 0.15) is 29.3 Å². The lowest BCUT2D eigenvalue weighted by molar-refractivity contribution is -0.142. The molecule has 7 atom stereocenters. The first-order chi connectivity index (χ1) is 26.8. The number of amides is 4. The van der Waals surface area contributed by atoms with Crippen molar-refractivity contribution in [2.75, 3.05) is 20.3 Å². The zero-order chi connectivity index (χ0) is 41.5. The molecule has 2 saturated carbocycles. The lowest BCUT2D eigenvalue weighted by atomic mass is 9.88. The Morgan fingerprint density at radius 1 is 1.09 bits per heavy atom. The Labute approximate surface area is 337 Å². The molecule has 17 heteroatoms. The molecule has 2 aliphatic heterocycles. The number of methoxy groups -OCH3 is 1. The molecule has 6 rings (SSSR count). The molecule has 0 bridgehead atoms. The Bertz CT molecular complexity index is 2110. The second-order valence-corrected chi connectivity index (χ2v) is 19.7. The highest BCUT2D eigenvalue weighted by Crippen LogP contribution is 2.47. The van der Waals surface area contributed by atoms with Gasteiger partial charge in [-0.25, -0.2) is 17.9 Å². The maximum Gasteiger partial charge on any atom is 0.408 e. The van der Waals surface area contributed by atoms with Gasteiger partial charge in [0, 0.05) is 23.7 Å². The summed E-state index contributed by atoms with van der Waals surface area (Å²) in [4.78, 5) is 71.2. The number of nitrogens with zero attached hydrogens (tertiary/aromatic N) is 3. The van der Waals surface area contributed by atoms with E-state index < -0.39 is 73.8 Å². The minimum atomic E-state index is -4.03. The zero-order valence-corrected chi connectivity index (χ0v) is 34.6. The summed E-state index contributed by atoms with van der Waals surface area (Å²) in [5, 5.41) is 11.0. The highest BCUT2D eigenvalue weighted by Gasteiger charge is 2.63. The first-order valence-corrected chi connectivity index (χ1v) is 21.3. The van der Waals surface area contributed by atoms with Gasteiger partial charge >= 0.3 is 6.09 Å². The summed E-state index contributed by atoms with van der Waals surface area (Å²) in [5.74, 6) is -2.66. The van der Waals surface area contributed by atoms with Gasteiger partial charge in [-0.05, 0) is 90.2 Å². The summed E-state index contributed by atoms with van der Waals surface area (Å²) in [6.45, 7) is 10.9. The van der Waals surface area contributed by atoms with E-state index in [2.05, 4.69) is 27.4 Å². The number of rotatable bonds is 9. The van der Waals surface area contributed by atoms with Gasteiger partial charge in [0.2, 0.25) is 27.7 Å². The van der Waals surface area contributed by atoms with Crippen molar-refractivity contribution < 1.29 is 46.1 Å². The zero-order valence-electron chi connectivity index (χ0n) is 33.8. The number of nitrogens with one attached hydrogen (secondary N) is 3. The summed E-state index contributed by atoms with van der Waals surface area (Å²) >= 11 is 0. The van der Waals surface area contributed by atoms with Crippen molar-refractivity contribution in [3.05, 3.63) is 46.8 Å². The number of benzene rings is 1. The number of aromatic nitrogens is 2. The first kappa shape index (κ1) is 42.1. The van der Waals surface area contributed by atoms with E-state index in [0.29, 0.717) is 36.5 Å². The number of carbonyl (C=O) groups is 4. The Kier molecular flexibility index (Phi) is 11.8. The van der Waals surface area contributed by atoms with Crippen LogP contribution in [-0.2, 0) is 40.4 Å². The molecule has 318 valence electrons. The topological polar surface area (TPSA) is 204 Å². The number of hydrogen-bond acceptors (Lipinski definition) is 11. The highest BCUT2D eigenvalue weighted by molar-refractivity contribution is 7.91. The molecule has 3 fully saturated rings. The number of hydrogen-bond donors (Lipinski definition) is 3. The van der Waals surface area contributed by atoms with E-state index in [4.69, 9.17) is 14.2 Å². The van der Waals surface area contributed by atoms with Crippen LogP contribution in [0.4, 0.5) is 4.79 Å². The van der Waals surface area contributed by atoms with Crippen LogP contribution in [0.3, 0.4) is 0 Å². The molecule has 1 aromatic carbocycles. The second-order valence-electron chi connectivity index (χ2n) is 17.5. The van der Waals surface area contributed by atoms with Gasteiger partial charge in [-0.15, -0.1) is 5.10 Å². The number of carbonyl (C=O) groups excluding carboxylic acids is 4. The van der Waals surface area contributed by atoms with E-state index in [1.807, 2.05) is 19.1 Å². The predicted molar refractivity (Wildman–Crippen MR) is 217 cm³/mol. The molecule has 3 N–H and O–H groups in total. The van der Waals surface area contributed by atoms with Crippen LogP contribution >= 0.6 is 0 Å². The van der Waals surface area contributed by atoms with Crippen LogP contribution < -0.4 is 25.7 Å². The van der Waals surface area contributed by atoms with Crippen molar-refractivity contribution in [1.29, 1.82) is 0 Å². The van der Waals surface area contributed by atoms with E-state index in [0.717, 1.165) is 6.42 Å². The summed E-state index contributed by atoms with van der Waals surface area (Å²) in [7, 11) is -2.51. The maximum absolute atomic E-state index is 14.8. The van der Waals surface area contributed by atoms with E-state index in [1.165, 1.54) is 16.7 Å². The van der Waals surface area contributed by atoms with Gasteiger partial charge in [0.05, 0.1) is 35.2 Å². The SMILES string of the molecule is COCCn1nc(O[C@@H]2C[C@H]3C(=O)N[C@]4(C(=O)NS(=O)(=O)C5(C)CC5)C[C@H]4/C=C\CC[C@@H](C)C[C@@H](C)[C@H](NC(=O)OC(C)(C)C)C(=O)N3C2)c2ccccc2c1=O.[HH].[HH].[HH]. The third-order valence-electron chi connectivity index (χ3n) is 11.5. The van der Waals surface area contributed by atoms with Crippen LogP contribution in [0.2, 0.25) is 0 Å². The fourth-order valence-electron chi connectivity index (χ4n) is 7.81. The number of sulfonamides is 1. The van der Waals surface area contributed by atoms with Crippen molar-refractivity contribution in [2.24, 2.45) is 17.8 Å². The molecule has 2 aliphatic carbocycles. The quantitative estimate of drug-likeness (QED) is 0.310. The van der Waals surface area contributed by atoms with Crippen molar-refractivity contribution >= 4 is 44.6 Å². The molecule has 0 radical (unpaired) electrons. The van der Waals surface area contributed by atoms with Crippen molar-refractivity contribution in [1.82, 2.24) is 30.0 Å². The lowest BCUT2D eigenvalue weighted by Gasteiger charge is -2.33. The van der Waals surface area contributed by atoms with Crippen LogP contribution in [0.5, 0.6) is 5.88 Å². The van der Waals surface area contributed by atoms with Gasteiger partial charge in [-0.1, -0.05) is 38.1 Å². The average molecular weight is 819 g/mol. The predicted octanol–water partition coefficient (Wildman–Crippen LogP) is 3.91. The normalized spacial score (nSPS) is 29.5. The summed E-state index contributed by atoms with van der Waals surface area (Å²) in [6.07, 6.45) is 5.12. The van der Waals surface area contributed by atoms with Crippen LogP contribution in [0.1, 0.15) is 90.8 Å². The maximum atomic E-state index is 14.8. The van der Waals surface area contributed by atoms with Crippen LogP contribution in [-0.4, -0.2) is 101 Å². The average Bonchev–Trinajstić information content (AvgIpc) is 4.02. The van der Waals surface area contributed by atoms with Gasteiger partial charge in [-0.2, -0.15) is 0 Å². The summed E-state index contributed by atoms with van der Waals surface area (Å²) < 4.78 is 46.1. The van der Waals surface area contributed by atoms with Crippen molar-refractivity contribution in [3.8, 4) is 5.88 Å². The Hall–Kier alpha value is -4.51. The molecule has 4 amide bonds. The molecular weight excluding hydrogens is 757 g/mol. The molecule has 4 aliphatic rings. The van der Waals surface area contributed by atoms with Gasteiger partial charge in [-0.3, -0.25) is 23.9 Å². The van der Waals surface area contributed by atoms with Gasteiger partial charge in [0.15, 0.2) is 0 Å². The highest BCUT2D eigenvalue weighted by atomic mass is 32.2. The van der Waals surface area contributed by atoms with Crippen molar-refractivity contribution in [3.63, 3.8) is 0 Å². The Balaban J connectivity index is 0.00000320. The molecule has 0 unspecified atom stereocenters. The molecule has 0 spiro atoms. The van der Waals surface area contributed by atoms with Crippen molar-refractivity contribution in [2.45, 2.75) is 127 Å². The molecule has 3 heterocycles. The minimum absolute atomic E-state index is 0. The summed E-state index contributed by atoms with van der Waals surface area (Å²) in [5.41, 5.74) is -2.75. The monoisotopic (exact) mass is 818 g/mol. The third kappa shape index (κ3) is 9.14. The lowest BCUT2D eigenvalue weighted by Crippen LogP contribution is -2.59. The van der Waals surface area contributed by atoms with Crippen LogP contribution in [0, 0.1) is 17.8 Å². The minimum Gasteiger partial charge on any atom is -0.471 e. The molecule has 2 aromatic rings. The number of allylic oxidation sites excluding steroid dienone is 1. The van der Waals surface area contributed by atoms with E-state index >= 15 is 0 Å². The van der Waals surface area contributed by atoms with E-state index in [9.17, 15) is 32.4 Å². The molecule has 1 aromatic heterocycles. The fraction of sp³-hybridized carbons (Fsp3) is 0.650. The fourth-order valence-corrected chi connectivity index (χ4v) is 9.12. The van der Waals surface area contributed by atoms with Crippen LogP contribution in [0.25, 0.3) is 10.8 Å². The van der Waals surface area contributed by atoms with E-state index in [-0.39, 0.29) is 60.1 Å². The molecule has 57 heavy (non-hydrogen) atoms. The van der Waals surface area contributed by atoms with Gasteiger partial charge < -0.3 is 29.7 Å². The van der Waals surface area contributed by atoms with Gasteiger partial charge in [0.25, 0.3) is 11.5 Å². The number of fused-ring (bicyclic) bond motifs is 3. The summed E-state index contributed by atoms with van der Waals surface area (Å²) in [6, 6.07) is 4.55. The third-order valence-corrected chi connectivity index (χ3v) is 13.7. The first-order valence-electron chi connectivity index (χ1n) is 19.8.